The number of nitrogens with zero attached hydrogens (tertiary/aromatic N) is 4. The second kappa shape index (κ2) is 10.7. The van der Waals surface area contributed by atoms with E-state index in [9.17, 15) is 9.18 Å². The number of halogens is 3. The summed E-state index contributed by atoms with van der Waals surface area (Å²) in [6, 6.07) is 11.1. The van der Waals surface area contributed by atoms with E-state index in [0.29, 0.717) is 21.0 Å². The first-order valence-corrected chi connectivity index (χ1v) is 11.7. The third kappa shape index (κ3) is 5.81. The average molecular weight is 496 g/mol. The normalized spacial score (nSPS) is 13.2. The van der Waals surface area contributed by atoms with Crippen molar-refractivity contribution in [1.82, 2.24) is 25.0 Å². The second-order valence-corrected chi connectivity index (χ2v) is 9.30. The molecule has 2 atom stereocenters. The highest BCUT2D eigenvalue weighted by molar-refractivity contribution is 7.99. The van der Waals surface area contributed by atoms with Gasteiger partial charge in [-0.15, -0.1) is 10.2 Å². The Kier molecular flexibility index (Phi) is 8.16. The van der Waals surface area contributed by atoms with E-state index in [1.54, 1.807) is 24.3 Å². The first-order chi connectivity index (χ1) is 15.2. The Hall–Kier alpha value is -2.13. The Labute approximate surface area is 201 Å². The van der Waals surface area contributed by atoms with Crippen LogP contribution in [0.15, 0.2) is 47.6 Å². The van der Waals surface area contributed by atoms with Gasteiger partial charge in [-0.25, -0.2) is 4.39 Å². The molecule has 0 fully saturated rings. The topological polar surface area (TPSA) is 63.1 Å². The van der Waals surface area contributed by atoms with Crippen molar-refractivity contribution in [1.29, 1.82) is 0 Å². The fraction of sp³-hybridized carbons (Fsp3) is 0.318. The van der Waals surface area contributed by atoms with Gasteiger partial charge in [0.2, 0.25) is 5.91 Å². The average Bonchev–Trinajstić information content (AvgIpc) is 3.17. The number of carbonyl (C=O) groups excluding carboxylic acids is 1. The number of hydrogen-bond acceptors (Lipinski definition) is 5. The summed E-state index contributed by atoms with van der Waals surface area (Å²) in [5.41, 5.74) is 1.58. The predicted octanol–water partition coefficient (Wildman–Crippen LogP) is 5.31. The van der Waals surface area contributed by atoms with E-state index in [4.69, 9.17) is 23.2 Å². The zero-order valence-electron chi connectivity index (χ0n) is 18.1. The summed E-state index contributed by atoms with van der Waals surface area (Å²) in [5.74, 6) is 0.355. The molecule has 0 aliphatic rings. The molecular weight excluding hydrogens is 472 g/mol. The lowest BCUT2D eigenvalue weighted by Gasteiger charge is -2.20. The highest BCUT2D eigenvalue weighted by Gasteiger charge is 2.22. The maximum Gasteiger partial charge on any atom is 0.230 e. The number of rotatable bonds is 8. The SMILES string of the molecule is C[C@H](NC(=O)CSc1nnc([C@H](C)N(C)C)n1-c1ccc(F)cc1)c1ccc(Cl)c(Cl)c1. The summed E-state index contributed by atoms with van der Waals surface area (Å²) in [4.78, 5) is 14.6. The second-order valence-electron chi connectivity index (χ2n) is 7.54. The third-order valence-electron chi connectivity index (χ3n) is 5.04. The Balaban J connectivity index is 1.75. The van der Waals surface area contributed by atoms with E-state index in [-0.39, 0.29) is 29.6 Å². The number of carbonyl (C=O) groups is 1. The molecule has 6 nitrogen and oxygen atoms in total. The largest absolute Gasteiger partial charge is 0.349 e. The van der Waals surface area contributed by atoms with Crippen molar-refractivity contribution in [3.63, 3.8) is 0 Å². The van der Waals surface area contributed by atoms with Gasteiger partial charge in [-0.3, -0.25) is 14.3 Å². The fourth-order valence-electron chi connectivity index (χ4n) is 2.99. The van der Waals surface area contributed by atoms with Crippen LogP contribution >= 0.6 is 35.0 Å². The van der Waals surface area contributed by atoms with Crippen LogP contribution in [0.25, 0.3) is 5.69 Å². The molecule has 0 radical (unpaired) electrons. The van der Waals surface area contributed by atoms with Crippen molar-refractivity contribution in [2.75, 3.05) is 19.8 Å². The van der Waals surface area contributed by atoms with Crippen LogP contribution in [0, 0.1) is 5.82 Å². The first kappa shape index (κ1) is 24.5. The molecule has 0 saturated carbocycles. The molecule has 0 aliphatic heterocycles. The zero-order chi connectivity index (χ0) is 23.4. The van der Waals surface area contributed by atoms with Crippen LogP contribution in [-0.4, -0.2) is 45.4 Å². The molecule has 0 saturated heterocycles. The molecule has 3 rings (SSSR count). The summed E-state index contributed by atoms with van der Waals surface area (Å²) in [6.07, 6.45) is 0. The maximum absolute atomic E-state index is 13.5. The molecule has 32 heavy (non-hydrogen) atoms. The Bertz CT molecular complexity index is 1090. The van der Waals surface area contributed by atoms with Gasteiger partial charge >= 0.3 is 0 Å². The van der Waals surface area contributed by atoms with E-state index >= 15 is 0 Å². The molecular formula is C22H24Cl2FN5OS. The van der Waals surface area contributed by atoms with Crippen LogP contribution < -0.4 is 5.32 Å². The van der Waals surface area contributed by atoms with Crippen LogP contribution in [0.1, 0.15) is 37.3 Å². The van der Waals surface area contributed by atoms with E-state index < -0.39 is 0 Å². The van der Waals surface area contributed by atoms with Crippen molar-refractivity contribution >= 4 is 40.9 Å². The summed E-state index contributed by atoms with van der Waals surface area (Å²) in [5, 5.41) is 13.0. The Morgan fingerprint density at radius 3 is 2.44 bits per heavy atom. The van der Waals surface area contributed by atoms with Crippen LogP contribution in [-0.2, 0) is 4.79 Å². The quantitative estimate of drug-likeness (QED) is 0.429. The number of aromatic nitrogens is 3. The van der Waals surface area contributed by atoms with Crippen molar-refractivity contribution in [2.24, 2.45) is 0 Å². The molecule has 3 aromatic rings. The molecule has 0 bridgehead atoms. The summed E-state index contributed by atoms with van der Waals surface area (Å²) < 4.78 is 15.3. The molecule has 1 amide bonds. The van der Waals surface area contributed by atoms with Gasteiger partial charge in [-0.1, -0.05) is 41.0 Å². The summed E-state index contributed by atoms with van der Waals surface area (Å²) in [7, 11) is 3.89. The lowest BCUT2D eigenvalue weighted by Crippen LogP contribution is -2.28. The van der Waals surface area contributed by atoms with Crippen LogP contribution in [0.5, 0.6) is 0 Å². The van der Waals surface area contributed by atoms with E-state index in [1.807, 2.05) is 43.5 Å². The molecule has 0 spiro atoms. The van der Waals surface area contributed by atoms with Crippen molar-refractivity contribution in [3.05, 3.63) is 69.7 Å². The van der Waals surface area contributed by atoms with Gasteiger partial charge < -0.3 is 5.32 Å². The lowest BCUT2D eigenvalue weighted by molar-refractivity contribution is -0.119. The zero-order valence-corrected chi connectivity index (χ0v) is 20.5. The highest BCUT2D eigenvalue weighted by atomic mass is 35.5. The van der Waals surface area contributed by atoms with Crippen LogP contribution in [0.4, 0.5) is 4.39 Å². The molecule has 170 valence electrons. The minimum Gasteiger partial charge on any atom is -0.349 e. The van der Waals surface area contributed by atoms with Crippen molar-refractivity contribution in [3.8, 4) is 5.69 Å². The van der Waals surface area contributed by atoms with E-state index in [2.05, 4.69) is 15.5 Å². The fourth-order valence-corrected chi connectivity index (χ4v) is 4.06. The number of thioether (sulfide) groups is 1. The molecule has 0 unspecified atom stereocenters. The monoisotopic (exact) mass is 495 g/mol. The number of amides is 1. The van der Waals surface area contributed by atoms with Gasteiger partial charge in [0, 0.05) is 5.69 Å². The molecule has 1 N–H and O–H groups in total. The molecule has 1 heterocycles. The smallest absolute Gasteiger partial charge is 0.230 e. The first-order valence-electron chi connectivity index (χ1n) is 9.92. The number of benzene rings is 2. The van der Waals surface area contributed by atoms with Gasteiger partial charge in [0.05, 0.1) is 27.9 Å². The summed E-state index contributed by atoms with van der Waals surface area (Å²) >= 11 is 13.3. The summed E-state index contributed by atoms with van der Waals surface area (Å²) in [6.45, 7) is 3.88. The molecule has 2 aromatic carbocycles. The van der Waals surface area contributed by atoms with Gasteiger partial charge in [0.25, 0.3) is 0 Å². The van der Waals surface area contributed by atoms with Crippen molar-refractivity contribution < 1.29 is 9.18 Å². The predicted molar refractivity (Wildman–Crippen MR) is 127 cm³/mol. The molecule has 0 aliphatic carbocycles. The van der Waals surface area contributed by atoms with E-state index in [1.165, 1.54) is 23.9 Å². The van der Waals surface area contributed by atoms with Crippen LogP contribution in [0.2, 0.25) is 10.0 Å². The maximum atomic E-state index is 13.5. The Morgan fingerprint density at radius 2 is 1.81 bits per heavy atom. The van der Waals surface area contributed by atoms with E-state index in [0.717, 1.165) is 11.3 Å². The minimum atomic E-state index is -0.325. The van der Waals surface area contributed by atoms with Gasteiger partial charge in [-0.05, 0) is 69.9 Å². The Morgan fingerprint density at radius 1 is 1.12 bits per heavy atom. The van der Waals surface area contributed by atoms with Gasteiger partial charge in [0.15, 0.2) is 11.0 Å². The number of hydrogen-bond donors (Lipinski definition) is 1. The van der Waals surface area contributed by atoms with Gasteiger partial charge in [-0.2, -0.15) is 0 Å². The van der Waals surface area contributed by atoms with Crippen molar-refractivity contribution in [2.45, 2.75) is 31.1 Å². The number of nitrogens with one attached hydrogen (secondary N) is 1. The van der Waals surface area contributed by atoms with Gasteiger partial charge in [0.1, 0.15) is 5.82 Å². The standard InChI is InChI=1S/C22H24Cl2FN5OS/c1-13(15-5-10-18(23)19(24)11-15)26-20(31)12-32-22-28-27-21(14(2)29(3)4)30(22)17-8-6-16(25)7-9-17/h5-11,13-14H,12H2,1-4H3,(H,26,31)/t13-,14-/m0/s1. The molecule has 1 aromatic heterocycles. The van der Waals surface area contributed by atoms with Crippen LogP contribution in [0.3, 0.4) is 0 Å². The third-order valence-corrected chi connectivity index (χ3v) is 6.71. The minimum absolute atomic E-state index is 0.0367. The lowest BCUT2D eigenvalue weighted by atomic mass is 10.1. The highest BCUT2D eigenvalue weighted by Crippen LogP contribution is 2.28. The molecule has 10 heteroatoms.